The van der Waals surface area contributed by atoms with Gasteiger partial charge in [-0.15, -0.1) is 6.58 Å². The number of nitrogens with one attached hydrogen (secondary N) is 1. The van der Waals surface area contributed by atoms with Crippen LogP contribution in [0.5, 0.6) is 5.75 Å². The fourth-order valence-corrected chi connectivity index (χ4v) is 5.39. The van der Waals surface area contributed by atoms with Crippen LogP contribution in [0.1, 0.15) is 43.2 Å². The van der Waals surface area contributed by atoms with Crippen LogP contribution in [0, 0.1) is 6.92 Å². The van der Waals surface area contributed by atoms with Gasteiger partial charge < -0.3 is 9.64 Å². The largest absolute Gasteiger partial charge is 0.494 e. The van der Waals surface area contributed by atoms with Crippen molar-refractivity contribution in [3.8, 4) is 5.75 Å². The molecule has 1 aliphatic heterocycles. The zero-order valence-electron chi connectivity index (χ0n) is 19.9. The van der Waals surface area contributed by atoms with Crippen molar-refractivity contribution < 1.29 is 13.2 Å². The van der Waals surface area contributed by atoms with E-state index in [9.17, 15) is 8.42 Å². The van der Waals surface area contributed by atoms with E-state index in [1.807, 2.05) is 43.3 Å². The molecule has 3 rings (SSSR count). The fraction of sp³-hybridized carbons (Fsp3) is 0.462. The Bertz CT molecular complexity index is 1010. The second kappa shape index (κ2) is 12.1. The van der Waals surface area contributed by atoms with Gasteiger partial charge in [0, 0.05) is 13.1 Å². The van der Waals surface area contributed by atoms with Crippen LogP contribution in [0.4, 0.5) is 11.4 Å². The quantitative estimate of drug-likeness (QED) is 0.324. The minimum atomic E-state index is -3.68. The molecule has 0 aliphatic carbocycles. The van der Waals surface area contributed by atoms with E-state index in [2.05, 4.69) is 23.2 Å². The molecule has 0 radical (unpaired) electrons. The maximum Gasteiger partial charge on any atom is 0.323 e. The van der Waals surface area contributed by atoms with Crippen molar-refractivity contribution in [3.05, 3.63) is 66.2 Å². The first-order valence-electron chi connectivity index (χ1n) is 11.8. The Morgan fingerprint density at radius 2 is 1.88 bits per heavy atom. The Labute approximate surface area is 199 Å². The smallest absolute Gasteiger partial charge is 0.323 e. The van der Waals surface area contributed by atoms with Crippen molar-refractivity contribution in [2.24, 2.45) is 0 Å². The van der Waals surface area contributed by atoms with Gasteiger partial charge in [0.15, 0.2) is 0 Å². The van der Waals surface area contributed by atoms with Crippen molar-refractivity contribution in [1.29, 1.82) is 0 Å². The van der Waals surface area contributed by atoms with E-state index in [1.165, 1.54) is 17.1 Å². The zero-order chi connectivity index (χ0) is 23.7. The Hall–Kier alpha value is -2.51. The molecule has 0 aromatic heterocycles. The summed E-state index contributed by atoms with van der Waals surface area (Å²) in [4.78, 5) is 2.27. The molecule has 33 heavy (non-hydrogen) atoms. The molecule has 1 heterocycles. The van der Waals surface area contributed by atoms with Crippen LogP contribution in [0.15, 0.2) is 55.1 Å². The highest BCUT2D eigenvalue weighted by molar-refractivity contribution is 7.94. The monoisotopic (exact) mass is 471 g/mol. The summed E-state index contributed by atoms with van der Waals surface area (Å²) in [6, 6.07) is 13.1. The van der Waals surface area contributed by atoms with Gasteiger partial charge in [0.1, 0.15) is 5.75 Å². The summed E-state index contributed by atoms with van der Waals surface area (Å²) in [5.41, 5.74) is 3.40. The Balaban J connectivity index is 1.51. The third-order valence-corrected chi connectivity index (χ3v) is 7.31. The van der Waals surface area contributed by atoms with Crippen molar-refractivity contribution in [2.75, 3.05) is 42.3 Å². The average molecular weight is 472 g/mol. The fourth-order valence-electron chi connectivity index (χ4n) is 4.04. The molecule has 0 saturated carbocycles. The van der Waals surface area contributed by atoms with Crippen LogP contribution < -0.4 is 13.8 Å². The molecule has 2 aromatic carbocycles. The maximum atomic E-state index is 13.0. The number of aryl methyl sites for hydroxylation is 2. The van der Waals surface area contributed by atoms with Crippen molar-refractivity contribution >= 4 is 21.6 Å². The van der Waals surface area contributed by atoms with Crippen molar-refractivity contribution in [1.82, 2.24) is 4.90 Å². The van der Waals surface area contributed by atoms with Crippen LogP contribution in [0.2, 0.25) is 0 Å². The van der Waals surface area contributed by atoms with Gasteiger partial charge in [0.25, 0.3) is 0 Å². The zero-order valence-corrected chi connectivity index (χ0v) is 20.7. The van der Waals surface area contributed by atoms with Crippen LogP contribution in [0.3, 0.4) is 0 Å². The molecule has 2 aromatic rings. The summed E-state index contributed by atoms with van der Waals surface area (Å²) < 4.78 is 36.2. The number of nitrogens with zero attached hydrogens (tertiary/aromatic N) is 2. The first kappa shape index (κ1) is 25.1. The predicted octanol–water partition coefficient (Wildman–Crippen LogP) is 5.16. The Morgan fingerprint density at radius 1 is 1.12 bits per heavy atom. The Morgan fingerprint density at radius 3 is 2.64 bits per heavy atom. The molecule has 7 heteroatoms. The topological polar surface area (TPSA) is 61.9 Å². The van der Waals surface area contributed by atoms with Crippen LogP contribution in [0.25, 0.3) is 0 Å². The van der Waals surface area contributed by atoms with E-state index in [0.717, 1.165) is 61.3 Å². The van der Waals surface area contributed by atoms with Crippen molar-refractivity contribution in [3.63, 3.8) is 0 Å². The van der Waals surface area contributed by atoms with Gasteiger partial charge in [-0.1, -0.05) is 36.6 Å². The summed E-state index contributed by atoms with van der Waals surface area (Å²) in [5, 5.41) is 0. The van der Waals surface area contributed by atoms with Gasteiger partial charge in [-0.3, -0.25) is 9.03 Å². The summed E-state index contributed by atoms with van der Waals surface area (Å²) >= 11 is 0. The van der Waals surface area contributed by atoms with E-state index in [4.69, 9.17) is 4.74 Å². The van der Waals surface area contributed by atoms with Gasteiger partial charge in [-0.25, -0.2) is 0 Å². The number of anilines is 2. The van der Waals surface area contributed by atoms with E-state index >= 15 is 0 Å². The third-order valence-electron chi connectivity index (χ3n) is 5.86. The highest BCUT2D eigenvalue weighted by atomic mass is 32.2. The lowest BCUT2D eigenvalue weighted by Crippen LogP contribution is -2.39. The summed E-state index contributed by atoms with van der Waals surface area (Å²) in [7, 11) is -1.56. The number of hydrogen-bond acceptors (Lipinski definition) is 4. The second-order valence-electron chi connectivity index (χ2n) is 8.75. The Kier molecular flexibility index (Phi) is 9.21. The van der Waals surface area contributed by atoms with E-state index in [1.54, 1.807) is 12.1 Å². The summed E-state index contributed by atoms with van der Waals surface area (Å²) in [5.74, 6) is 0.810. The highest BCUT2D eigenvalue weighted by Crippen LogP contribution is 2.33. The van der Waals surface area contributed by atoms with Crippen molar-refractivity contribution in [2.45, 2.75) is 45.4 Å². The minimum Gasteiger partial charge on any atom is -0.494 e. The van der Waals surface area contributed by atoms with Crippen LogP contribution in [-0.4, -0.2) is 46.6 Å². The number of fused-ring (bicyclic) bond motifs is 1. The van der Waals surface area contributed by atoms with Gasteiger partial charge in [0.2, 0.25) is 0 Å². The second-order valence-corrected chi connectivity index (χ2v) is 10.3. The van der Waals surface area contributed by atoms with E-state index < -0.39 is 10.2 Å². The van der Waals surface area contributed by atoms with Gasteiger partial charge >= 0.3 is 10.2 Å². The molecule has 1 N–H and O–H groups in total. The maximum absolute atomic E-state index is 13.0. The molecule has 180 valence electrons. The summed E-state index contributed by atoms with van der Waals surface area (Å²) in [6.45, 7) is 8.92. The molecule has 0 fully saturated rings. The summed E-state index contributed by atoms with van der Waals surface area (Å²) in [6.07, 6.45) is 8.10. The lowest BCUT2D eigenvalue weighted by Gasteiger charge is -2.31. The minimum absolute atomic E-state index is 0.469. The number of hydrogen-bond donors (Lipinski definition) is 1. The molecule has 0 bridgehead atoms. The van der Waals surface area contributed by atoms with Crippen LogP contribution >= 0.6 is 0 Å². The first-order chi connectivity index (χ1) is 15.9. The van der Waals surface area contributed by atoms with Gasteiger partial charge in [0.05, 0.1) is 18.0 Å². The number of rotatable bonds is 13. The van der Waals surface area contributed by atoms with E-state index in [-0.39, 0.29) is 0 Å². The third kappa shape index (κ3) is 7.51. The van der Waals surface area contributed by atoms with Gasteiger partial charge in [-0.2, -0.15) is 8.42 Å². The molecule has 0 saturated heterocycles. The standard InChI is InChI=1S/C26H37N3O3S/c1-4-17-28(3)18-7-5-6-8-20-32-25-15-16-26-23(21-25)10-9-19-29(26)33(30,31)27-24-13-11-22(2)12-14-24/h4,11-16,21,27H,1,5-10,17-20H2,2-3H3. The molecule has 0 unspecified atom stereocenters. The molecule has 0 spiro atoms. The predicted molar refractivity (Wildman–Crippen MR) is 137 cm³/mol. The van der Waals surface area contributed by atoms with E-state index in [0.29, 0.717) is 18.8 Å². The molecule has 0 amide bonds. The molecular weight excluding hydrogens is 434 g/mol. The normalized spacial score (nSPS) is 13.6. The SMILES string of the molecule is C=CCN(C)CCCCCCOc1ccc2c(c1)CCCN2S(=O)(=O)Nc1ccc(C)cc1. The number of benzene rings is 2. The lowest BCUT2D eigenvalue weighted by atomic mass is 10.0. The highest BCUT2D eigenvalue weighted by Gasteiger charge is 2.27. The molecule has 1 aliphatic rings. The number of unbranched alkanes of at least 4 members (excludes halogenated alkanes) is 3. The average Bonchev–Trinajstić information content (AvgIpc) is 2.79. The van der Waals surface area contributed by atoms with Gasteiger partial charge in [-0.05, 0) is 82.1 Å². The molecular formula is C26H37N3O3S. The molecule has 0 atom stereocenters. The first-order valence-corrected chi connectivity index (χ1v) is 13.3. The number of ether oxygens (including phenoxy) is 1. The number of likely N-dealkylation sites (N-methyl/N-ethyl adjacent to an activating group) is 1. The van der Waals surface area contributed by atoms with Crippen LogP contribution in [-0.2, 0) is 16.6 Å². The lowest BCUT2D eigenvalue weighted by molar-refractivity contribution is 0.300. The molecule has 6 nitrogen and oxygen atoms in total.